The minimum atomic E-state index is -0.199. The molecule has 0 saturated carbocycles. The molecule has 0 rings (SSSR count). The van der Waals surface area contributed by atoms with Crippen molar-refractivity contribution in [2.24, 2.45) is 0 Å². The molecule has 0 radical (unpaired) electrons. The molecule has 16 heavy (non-hydrogen) atoms. The molecule has 0 saturated heterocycles. The van der Waals surface area contributed by atoms with E-state index in [9.17, 15) is 9.59 Å². The minimum absolute atomic E-state index is 0.199. The Bertz CT molecular complexity index is 183. The number of methoxy groups -OCH3 is 2. The number of likely N-dealkylation sites (N-methyl/N-ethyl adjacent to an activating group) is 2. The summed E-state index contributed by atoms with van der Waals surface area (Å²) in [4.78, 5) is 24.2. The number of ether oxygens (including phenoxy) is 2. The average molecular weight is 234 g/mol. The summed E-state index contributed by atoms with van der Waals surface area (Å²) in [6.07, 6.45) is 0. The van der Waals surface area contributed by atoms with Crippen LogP contribution < -0.4 is 0 Å². The van der Waals surface area contributed by atoms with Gasteiger partial charge in [0.25, 0.3) is 0 Å². The Kier molecular flexibility index (Phi) is 11.2. The maximum absolute atomic E-state index is 10.4. The van der Waals surface area contributed by atoms with Crippen molar-refractivity contribution in [3.05, 3.63) is 0 Å². The van der Waals surface area contributed by atoms with Crippen molar-refractivity contribution < 1.29 is 19.1 Å². The van der Waals surface area contributed by atoms with E-state index in [0.717, 1.165) is 0 Å². The summed E-state index contributed by atoms with van der Waals surface area (Å²) in [6, 6.07) is 0. The summed E-state index contributed by atoms with van der Waals surface area (Å²) in [5, 5.41) is 0. The van der Waals surface area contributed by atoms with E-state index >= 15 is 0 Å². The first-order chi connectivity index (χ1) is 7.33. The highest BCUT2D eigenvalue weighted by Crippen LogP contribution is 1.76. The first kappa shape index (κ1) is 17.3. The van der Waals surface area contributed by atoms with Crippen LogP contribution in [0.4, 0.5) is 0 Å². The number of rotatable bonds is 4. The lowest BCUT2D eigenvalue weighted by atomic mass is 10.6. The summed E-state index contributed by atoms with van der Waals surface area (Å²) < 4.78 is 8.76. The van der Waals surface area contributed by atoms with Gasteiger partial charge < -0.3 is 9.47 Å². The molecule has 6 nitrogen and oxygen atoms in total. The van der Waals surface area contributed by atoms with Crippen molar-refractivity contribution in [1.29, 1.82) is 0 Å². The van der Waals surface area contributed by atoms with Gasteiger partial charge in [0.15, 0.2) is 0 Å². The molecule has 0 atom stereocenters. The van der Waals surface area contributed by atoms with Crippen LogP contribution in [0.2, 0.25) is 0 Å². The van der Waals surface area contributed by atoms with Crippen LogP contribution in [0.3, 0.4) is 0 Å². The Morgan fingerprint density at radius 1 is 0.812 bits per heavy atom. The molecule has 0 fully saturated rings. The Hall–Kier alpha value is -1.14. The molecule has 0 N–H and O–H groups in total. The standard InChI is InChI=1S/2C5H11NO2/c2*1-6(2)4-5(7)8-3/h2*4H2,1-3H3. The van der Waals surface area contributed by atoms with E-state index in [4.69, 9.17) is 0 Å². The largest absolute Gasteiger partial charge is 0.468 e. The molecule has 0 bridgehead atoms. The highest BCUT2D eigenvalue weighted by Gasteiger charge is 1.99. The van der Waals surface area contributed by atoms with E-state index in [2.05, 4.69) is 9.47 Å². The summed E-state index contributed by atoms with van der Waals surface area (Å²) in [5.74, 6) is -0.398. The van der Waals surface area contributed by atoms with Crippen LogP contribution in [0, 0.1) is 0 Å². The summed E-state index contributed by atoms with van der Waals surface area (Å²) in [5.41, 5.74) is 0. The number of carbonyl (C=O) groups excluding carboxylic acids is 2. The monoisotopic (exact) mass is 234 g/mol. The Morgan fingerprint density at radius 2 is 1.06 bits per heavy atom. The zero-order valence-electron chi connectivity index (χ0n) is 10.9. The molecule has 0 unspecified atom stereocenters. The second kappa shape index (κ2) is 10.4. The van der Waals surface area contributed by atoms with Gasteiger partial charge in [0.2, 0.25) is 0 Å². The number of hydrogen-bond donors (Lipinski definition) is 0. The van der Waals surface area contributed by atoms with Gasteiger partial charge in [-0.1, -0.05) is 0 Å². The Balaban J connectivity index is 0. The predicted molar refractivity (Wildman–Crippen MR) is 61.1 cm³/mol. The van der Waals surface area contributed by atoms with Gasteiger partial charge in [-0.25, -0.2) is 0 Å². The molecule has 0 aliphatic heterocycles. The second-order valence-electron chi connectivity index (χ2n) is 3.63. The normalized spacial score (nSPS) is 9.50. The smallest absolute Gasteiger partial charge is 0.319 e. The lowest BCUT2D eigenvalue weighted by Gasteiger charge is -2.05. The molecule has 0 aliphatic rings. The fraction of sp³-hybridized carbons (Fsp3) is 0.800. The molecule has 0 aromatic carbocycles. The van der Waals surface area contributed by atoms with Gasteiger partial charge in [0.05, 0.1) is 27.3 Å². The molecular formula is C10H22N2O4. The molecule has 0 amide bonds. The van der Waals surface area contributed by atoms with Gasteiger partial charge >= 0.3 is 11.9 Å². The number of nitrogens with zero attached hydrogens (tertiary/aromatic N) is 2. The van der Waals surface area contributed by atoms with E-state index < -0.39 is 0 Å². The SMILES string of the molecule is COC(=O)CN(C)C.COC(=O)CN(C)C. The van der Waals surface area contributed by atoms with Crippen LogP contribution in [0.5, 0.6) is 0 Å². The second-order valence-corrected chi connectivity index (χ2v) is 3.63. The number of esters is 2. The summed E-state index contributed by atoms with van der Waals surface area (Å²) in [6.45, 7) is 0.715. The molecule has 0 heterocycles. The lowest BCUT2D eigenvalue weighted by Crippen LogP contribution is -2.22. The van der Waals surface area contributed by atoms with Gasteiger partial charge in [0, 0.05) is 0 Å². The van der Waals surface area contributed by atoms with Gasteiger partial charge in [-0.3, -0.25) is 19.4 Å². The van der Waals surface area contributed by atoms with E-state index in [-0.39, 0.29) is 11.9 Å². The molecule has 0 spiro atoms. The highest BCUT2D eigenvalue weighted by atomic mass is 16.5. The molecule has 0 aliphatic carbocycles. The van der Waals surface area contributed by atoms with Crippen LogP contribution >= 0.6 is 0 Å². The Morgan fingerprint density at radius 3 is 1.12 bits per heavy atom. The van der Waals surface area contributed by atoms with Crippen LogP contribution in [0.15, 0.2) is 0 Å². The number of carbonyl (C=O) groups is 2. The van der Waals surface area contributed by atoms with Crippen LogP contribution in [-0.2, 0) is 19.1 Å². The molecular weight excluding hydrogens is 212 g/mol. The molecule has 6 heteroatoms. The first-order valence-corrected chi connectivity index (χ1v) is 4.76. The Labute approximate surface area is 97.1 Å². The van der Waals surface area contributed by atoms with Crippen molar-refractivity contribution >= 4 is 11.9 Å². The van der Waals surface area contributed by atoms with Crippen LogP contribution in [0.25, 0.3) is 0 Å². The maximum Gasteiger partial charge on any atom is 0.319 e. The zero-order chi connectivity index (χ0) is 13.1. The van der Waals surface area contributed by atoms with Crippen molar-refractivity contribution in [1.82, 2.24) is 9.80 Å². The van der Waals surface area contributed by atoms with Gasteiger partial charge in [0.1, 0.15) is 0 Å². The van der Waals surface area contributed by atoms with Crippen molar-refractivity contribution in [3.8, 4) is 0 Å². The third-order valence-corrected chi connectivity index (χ3v) is 1.35. The quantitative estimate of drug-likeness (QED) is 0.608. The summed E-state index contributed by atoms with van der Waals surface area (Å²) in [7, 11) is 10.0. The first-order valence-electron chi connectivity index (χ1n) is 4.76. The third kappa shape index (κ3) is 15.3. The third-order valence-electron chi connectivity index (χ3n) is 1.35. The zero-order valence-corrected chi connectivity index (χ0v) is 10.9. The fourth-order valence-corrected chi connectivity index (χ4v) is 0.645. The van der Waals surface area contributed by atoms with Gasteiger partial charge in [-0.2, -0.15) is 0 Å². The predicted octanol–water partition coefficient (Wildman–Crippen LogP) is -0.558. The van der Waals surface area contributed by atoms with Crippen molar-refractivity contribution in [2.45, 2.75) is 0 Å². The molecule has 0 aromatic rings. The average Bonchev–Trinajstić information content (AvgIpc) is 2.16. The van der Waals surface area contributed by atoms with Gasteiger partial charge in [-0.05, 0) is 28.2 Å². The number of hydrogen-bond acceptors (Lipinski definition) is 6. The topological polar surface area (TPSA) is 59.1 Å². The fourth-order valence-electron chi connectivity index (χ4n) is 0.645. The van der Waals surface area contributed by atoms with E-state index in [1.165, 1.54) is 14.2 Å². The van der Waals surface area contributed by atoms with E-state index in [1.54, 1.807) is 9.80 Å². The van der Waals surface area contributed by atoms with Crippen LogP contribution in [0.1, 0.15) is 0 Å². The lowest BCUT2D eigenvalue weighted by molar-refractivity contribution is -0.142. The van der Waals surface area contributed by atoms with E-state index in [1.807, 2.05) is 28.2 Å². The van der Waals surface area contributed by atoms with Crippen LogP contribution in [-0.4, -0.2) is 77.2 Å². The minimum Gasteiger partial charge on any atom is -0.468 e. The van der Waals surface area contributed by atoms with Gasteiger partial charge in [-0.15, -0.1) is 0 Å². The van der Waals surface area contributed by atoms with Crippen molar-refractivity contribution in [3.63, 3.8) is 0 Å². The highest BCUT2D eigenvalue weighted by molar-refractivity contribution is 5.71. The van der Waals surface area contributed by atoms with Crippen molar-refractivity contribution in [2.75, 3.05) is 55.5 Å². The molecule has 96 valence electrons. The maximum atomic E-state index is 10.4. The molecule has 0 aromatic heterocycles. The summed E-state index contributed by atoms with van der Waals surface area (Å²) >= 11 is 0. The van der Waals surface area contributed by atoms with E-state index in [0.29, 0.717) is 13.1 Å².